The SMILES string of the molecule is CCN(CCN(C)C)c1ccc(C(=O)O)cc1NS(=O)(=O)c1cc(C)c(C)cc1C. The normalized spacial score (nSPS) is 11.6. The Bertz CT molecular complexity index is 1030. The van der Waals surface area contributed by atoms with Gasteiger partial charge in [-0.05, 0) is 82.7 Å². The first kappa shape index (κ1) is 23.7. The summed E-state index contributed by atoms with van der Waals surface area (Å²) in [5, 5.41) is 9.40. The molecule has 0 heterocycles. The molecule has 0 bridgehead atoms. The van der Waals surface area contributed by atoms with Gasteiger partial charge in [0.15, 0.2) is 0 Å². The van der Waals surface area contributed by atoms with Crippen LogP contribution in [0.4, 0.5) is 11.4 Å². The van der Waals surface area contributed by atoms with Crippen LogP contribution in [0, 0.1) is 20.8 Å². The van der Waals surface area contributed by atoms with Gasteiger partial charge in [0.25, 0.3) is 10.0 Å². The number of carboxylic acids is 1. The van der Waals surface area contributed by atoms with Crippen molar-refractivity contribution in [1.82, 2.24) is 4.90 Å². The van der Waals surface area contributed by atoms with Crippen LogP contribution < -0.4 is 9.62 Å². The van der Waals surface area contributed by atoms with Gasteiger partial charge >= 0.3 is 5.97 Å². The molecule has 0 saturated heterocycles. The average molecular weight is 434 g/mol. The molecule has 0 radical (unpaired) electrons. The topological polar surface area (TPSA) is 89.9 Å². The zero-order chi connectivity index (χ0) is 22.6. The summed E-state index contributed by atoms with van der Waals surface area (Å²) in [6.07, 6.45) is 0. The molecule has 164 valence electrons. The summed E-state index contributed by atoms with van der Waals surface area (Å²) in [5.74, 6) is -1.11. The van der Waals surface area contributed by atoms with Crippen molar-refractivity contribution >= 4 is 27.4 Å². The number of carboxylic acid groups (broad SMARTS) is 1. The number of hydrogen-bond donors (Lipinski definition) is 2. The Morgan fingerprint density at radius 1 is 1.00 bits per heavy atom. The Labute approximate surface area is 179 Å². The minimum absolute atomic E-state index is 0.0249. The predicted molar refractivity (Wildman–Crippen MR) is 121 cm³/mol. The Hall–Kier alpha value is -2.58. The number of anilines is 2. The Morgan fingerprint density at radius 2 is 1.63 bits per heavy atom. The summed E-state index contributed by atoms with van der Waals surface area (Å²) >= 11 is 0. The summed E-state index contributed by atoms with van der Waals surface area (Å²) in [6, 6.07) is 8.03. The van der Waals surface area contributed by atoms with Gasteiger partial charge in [-0.25, -0.2) is 13.2 Å². The van der Waals surface area contributed by atoms with E-state index >= 15 is 0 Å². The van der Waals surface area contributed by atoms with Crippen molar-refractivity contribution in [2.45, 2.75) is 32.6 Å². The third-order valence-electron chi connectivity index (χ3n) is 5.11. The van der Waals surface area contributed by atoms with E-state index < -0.39 is 16.0 Å². The van der Waals surface area contributed by atoms with E-state index in [1.54, 1.807) is 19.1 Å². The Morgan fingerprint density at radius 3 is 2.20 bits per heavy atom. The summed E-state index contributed by atoms with van der Waals surface area (Å²) in [4.78, 5) is 15.7. The first-order valence-electron chi connectivity index (χ1n) is 9.84. The fraction of sp³-hybridized carbons (Fsp3) is 0.409. The van der Waals surface area contributed by atoms with E-state index in [4.69, 9.17) is 0 Å². The monoisotopic (exact) mass is 433 g/mol. The van der Waals surface area contributed by atoms with Crippen LogP contribution in [-0.4, -0.2) is 58.1 Å². The number of hydrogen-bond acceptors (Lipinski definition) is 5. The largest absolute Gasteiger partial charge is 0.478 e. The van der Waals surface area contributed by atoms with Gasteiger partial charge in [-0.3, -0.25) is 4.72 Å². The molecule has 0 fully saturated rings. The second kappa shape index (κ2) is 9.49. The predicted octanol–water partition coefficient (Wildman–Crippen LogP) is 3.50. The summed E-state index contributed by atoms with van der Waals surface area (Å²) in [6.45, 7) is 9.63. The smallest absolute Gasteiger partial charge is 0.335 e. The molecule has 0 aliphatic heterocycles. The van der Waals surface area contributed by atoms with Crippen LogP contribution in [0.2, 0.25) is 0 Å². The number of likely N-dealkylation sites (N-methyl/N-ethyl adjacent to an activating group) is 2. The Balaban J connectivity index is 2.54. The van der Waals surface area contributed by atoms with Crippen molar-refractivity contribution < 1.29 is 18.3 Å². The number of aryl methyl sites for hydroxylation is 3. The van der Waals surface area contributed by atoms with Crippen LogP contribution in [0.3, 0.4) is 0 Å². The fourth-order valence-corrected chi connectivity index (χ4v) is 4.60. The lowest BCUT2D eigenvalue weighted by Crippen LogP contribution is -2.32. The average Bonchev–Trinajstić information content (AvgIpc) is 2.65. The number of sulfonamides is 1. The number of carbonyl (C=O) groups is 1. The molecule has 0 amide bonds. The zero-order valence-electron chi connectivity index (χ0n) is 18.5. The molecule has 8 heteroatoms. The minimum atomic E-state index is -3.90. The molecule has 2 aromatic rings. The van der Waals surface area contributed by atoms with Crippen LogP contribution in [-0.2, 0) is 10.0 Å². The van der Waals surface area contributed by atoms with Gasteiger partial charge in [-0.1, -0.05) is 6.07 Å². The standard InChI is InChI=1S/C22H31N3O4S/c1-7-25(11-10-24(5)6)20-9-8-18(22(26)27)14-19(20)23-30(28,29)21-13-16(3)15(2)12-17(21)4/h8-9,12-14,23H,7,10-11H2,1-6H3,(H,26,27). The molecular weight excluding hydrogens is 402 g/mol. The van der Waals surface area contributed by atoms with Gasteiger partial charge < -0.3 is 14.9 Å². The highest BCUT2D eigenvalue weighted by atomic mass is 32.2. The Kier molecular flexibility index (Phi) is 7.49. The van der Waals surface area contributed by atoms with Gasteiger partial charge in [-0.15, -0.1) is 0 Å². The molecule has 0 aliphatic rings. The number of nitrogens with zero attached hydrogens (tertiary/aromatic N) is 2. The lowest BCUT2D eigenvalue weighted by atomic mass is 10.1. The highest BCUT2D eigenvalue weighted by molar-refractivity contribution is 7.92. The van der Waals surface area contributed by atoms with E-state index in [-0.39, 0.29) is 16.1 Å². The van der Waals surface area contributed by atoms with Crippen LogP contribution >= 0.6 is 0 Å². The van der Waals surface area contributed by atoms with Crippen LogP contribution in [0.1, 0.15) is 34.0 Å². The molecule has 0 unspecified atom stereocenters. The molecule has 7 nitrogen and oxygen atoms in total. The summed E-state index contributed by atoms with van der Waals surface area (Å²) in [5.41, 5.74) is 3.46. The van der Waals surface area contributed by atoms with E-state index in [9.17, 15) is 18.3 Å². The lowest BCUT2D eigenvalue weighted by Gasteiger charge is -2.27. The molecule has 0 spiro atoms. The van der Waals surface area contributed by atoms with Gasteiger partial charge in [0.2, 0.25) is 0 Å². The van der Waals surface area contributed by atoms with Crippen LogP contribution in [0.5, 0.6) is 0 Å². The van der Waals surface area contributed by atoms with Gasteiger partial charge in [0.1, 0.15) is 0 Å². The van der Waals surface area contributed by atoms with Crippen molar-refractivity contribution in [3.63, 3.8) is 0 Å². The first-order chi connectivity index (χ1) is 14.0. The lowest BCUT2D eigenvalue weighted by molar-refractivity contribution is 0.0697. The fourth-order valence-electron chi connectivity index (χ4n) is 3.22. The van der Waals surface area contributed by atoms with E-state index in [2.05, 4.69) is 4.72 Å². The number of aromatic carboxylic acids is 1. The summed E-state index contributed by atoms with van der Waals surface area (Å²) < 4.78 is 29.1. The number of benzene rings is 2. The summed E-state index contributed by atoms with van der Waals surface area (Å²) in [7, 11) is 0.0303. The zero-order valence-corrected chi connectivity index (χ0v) is 19.3. The van der Waals surface area contributed by atoms with Crippen molar-refractivity contribution in [3.8, 4) is 0 Å². The van der Waals surface area contributed by atoms with Gasteiger partial charge in [0.05, 0.1) is 21.8 Å². The maximum atomic E-state index is 13.2. The van der Waals surface area contributed by atoms with Gasteiger partial charge in [0, 0.05) is 19.6 Å². The minimum Gasteiger partial charge on any atom is -0.478 e. The highest BCUT2D eigenvalue weighted by Crippen LogP contribution is 2.31. The molecule has 0 saturated carbocycles. The van der Waals surface area contributed by atoms with E-state index in [1.807, 2.05) is 50.7 Å². The molecule has 2 N–H and O–H groups in total. The van der Waals surface area contributed by atoms with E-state index in [1.165, 1.54) is 12.1 Å². The van der Waals surface area contributed by atoms with E-state index in [0.29, 0.717) is 24.3 Å². The van der Waals surface area contributed by atoms with Crippen molar-refractivity contribution in [2.75, 3.05) is 43.4 Å². The maximum absolute atomic E-state index is 13.2. The molecule has 0 aliphatic carbocycles. The first-order valence-corrected chi connectivity index (χ1v) is 11.3. The molecule has 2 aromatic carbocycles. The van der Waals surface area contributed by atoms with Crippen LogP contribution in [0.15, 0.2) is 35.2 Å². The number of nitrogens with one attached hydrogen (secondary N) is 1. The maximum Gasteiger partial charge on any atom is 0.335 e. The highest BCUT2D eigenvalue weighted by Gasteiger charge is 2.22. The van der Waals surface area contributed by atoms with Crippen molar-refractivity contribution in [2.24, 2.45) is 0 Å². The quantitative estimate of drug-likeness (QED) is 0.629. The van der Waals surface area contributed by atoms with Crippen molar-refractivity contribution in [3.05, 3.63) is 52.6 Å². The third-order valence-corrected chi connectivity index (χ3v) is 6.62. The second-order valence-corrected chi connectivity index (χ2v) is 9.38. The second-order valence-electron chi connectivity index (χ2n) is 7.73. The van der Waals surface area contributed by atoms with Gasteiger partial charge in [-0.2, -0.15) is 0 Å². The van der Waals surface area contributed by atoms with Crippen LogP contribution in [0.25, 0.3) is 0 Å². The van der Waals surface area contributed by atoms with Crippen molar-refractivity contribution in [1.29, 1.82) is 0 Å². The van der Waals surface area contributed by atoms with E-state index in [0.717, 1.165) is 17.7 Å². The molecular formula is C22H31N3O4S. The molecule has 30 heavy (non-hydrogen) atoms. The third kappa shape index (κ3) is 5.52. The molecule has 0 aromatic heterocycles. The molecule has 0 atom stereocenters. The molecule has 2 rings (SSSR count). The number of rotatable bonds is 9.